The second-order valence-corrected chi connectivity index (χ2v) is 6.79. The molecule has 3 rings (SSSR count). The van der Waals surface area contributed by atoms with Gasteiger partial charge >= 0.3 is 0 Å². The summed E-state index contributed by atoms with van der Waals surface area (Å²) in [4.78, 5) is 13.6. The van der Waals surface area contributed by atoms with Crippen LogP contribution in [0.5, 0.6) is 0 Å². The maximum atomic E-state index is 4.43. The van der Waals surface area contributed by atoms with E-state index in [1.165, 1.54) is 45.3 Å². The van der Waals surface area contributed by atoms with E-state index >= 15 is 0 Å². The first-order valence-electron chi connectivity index (χ1n) is 7.26. The molecule has 0 atom stereocenters. The molecule has 4 nitrogen and oxygen atoms in total. The van der Waals surface area contributed by atoms with Crippen molar-refractivity contribution in [2.75, 3.05) is 37.6 Å². The Morgan fingerprint density at radius 3 is 2.58 bits per heavy atom. The van der Waals surface area contributed by atoms with Gasteiger partial charge in [-0.25, -0.2) is 9.97 Å². The molecule has 0 radical (unpaired) electrons. The highest BCUT2D eigenvalue weighted by Gasteiger charge is 2.24. The monoisotopic (exact) mass is 372 g/mol. The highest BCUT2D eigenvalue weighted by molar-refractivity contribution is 14.1. The maximum absolute atomic E-state index is 4.43. The zero-order valence-corrected chi connectivity index (χ0v) is 13.4. The summed E-state index contributed by atoms with van der Waals surface area (Å²) < 4.78 is 1.16. The number of halogens is 1. The van der Waals surface area contributed by atoms with Crippen molar-refractivity contribution in [1.82, 2.24) is 14.9 Å². The molecule has 1 aromatic rings. The summed E-state index contributed by atoms with van der Waals surface area (Å²) in [5.74, 6) is 2.00. The molecule has 0 saturated carbocycles. The molecule has 0 bridgehead atoms. The van der Waals surface area contributed by atoms with Crippen molar-refractivity contribution >= 4 is 28.4 Å². The summed E-state index contributed by atoms with van der Waals surface area (Å²) in [5.41, 5.74) is 0. The van der Waals surface area contributed by atoms with Crippen molar-refractivity contribution < 1.29 is 0 Å². The molecule has 2 aliphatic rings. The number of anilines is 1. The first kappa shape index (κ1) is 13.5. The second-order valence-electron chi connectivity index (χ2n) is 5.63. The Kier molecular flexibility index (Phi) is 4.53. The van der Waals surface area contributed by atoms with Gasteiger partial charge in [-0.1, -0.05) is 0 Å². The molecule has 0 spiro atoms. The molecule has 0 N–H and O–H groups in total. The van der Waals surface area contributed by atoms with E-state index in [9.17, 15) is 0 Å². The molecule has 104 valence electrons. The minimum absolute atomic E-state index is 0.883. The van der Waals surface area contributed by atoms with Gasteiger partial charge in [-0.15, -0.1) is 0 Å². The summed E-state index contributed by atoms with van der Waals surface area (Å²) in [6.45, 7) is 6.25. The number of hydrogen-bond donors (Lipinski definition) is 0. The molecular formula is C14H21IN4. The molecule has 0 unspecified atom stereocenters. The lowest BCUT2D eigenvalue weighted by Crippen LogP contribution is -2.38. The first-order valence-corrected chi connectivity index (χ1v) is 8.33. The lowest BCUT2D eigenvalue weighted by molar-refractivity contribution is 0.249. The third-order valence-electron chi connectivity index (χ3n) is 4.28. The largest absolute Gasteiger partial charge is 0.356 e. The van der Waals surface area contributed by atoms with Gasteiger partial charge in [0.25, 0.3) is 0 Å². The SMILES string of the molecule is Ic1cncnc1N1CCC(CN2CCCC2)CC1. The summed E-state index contributed by atoms with van der Waals surface area (Å²) in [6.07, 6.45) is 8.97. The zero-order valence-electron chi connectivity index (χ0n) is 11.3. The average molecular weight is 372 g/mol. The van der Waals surface area contributed by atoms with Crippen LogP contribution in [0.4, 0.5) is 5.82 Å². The number of aromatic nitrogens is 2. The molecule has 1 aromatic heterocycles. The Bertz CT molecular complexity index is 412. The fourth-order valence-electron chi connectivity index (χ4n) is 3.20. The van der Waals surface area contributed by atoms with Gasteiger partial charge in [-0.3, -0.25) is 0 Å². The Balaban J connectivity index is 1.53. The van der Waals surface area contributed by atoms with Crippen LogP contribution in [0.1, 0.15) is 25.7 Å². The predicted octanol–water partition coefficient (Wildman–Crippen LogP) is 2.39. The van der Waals surface area contributed by atoms with Gasteiger partial charge in [-0.2, -0.15) is 0 Å². The van der Waals surface area contributed by atoms with Crippen molar-refractivity contribution in [3.63, 3.8) is 0 Å². The molecule has 2 aliphatic heterocycles. The van der Waals surface area contributed by atoms with Crippen LogP contribution in [-0.2, 0) is 0 Å². The van der Waals surface area contributed by atoms with Gasteiger partial charge in [0.15, 0.2) is 0 Å². The van der Waals surface area contributed by atoms with Gasteiger partial charge in [0.1, 0.15) is 12.1 Å². The highest BCUT2D eigenvalue weighted by atomic mass is 127. The van der Waals surface area contributed by atoms with E-state index in [1.807, 2.05) is 6.20 Å². The fraction of sp³-hybridized carbons (Fsp3) is 0.714. The molecule has 19 heavy (non-hydrogen) atoms. The van der Waals surface area contributed by atoms with Gasteiger partial charge in [0.2, 0.25) is 0 Å². The average Bonchev–Trinajstić information content (AvgIpc) is 2.93. The molecule has 2 saturated heterocycles. The Morgan fingerprint density at radius 2 is 1.89 bits per heavy atom. The number of hydrogen-bond acceptors (Lipinski definition) is 4. The Hall–Kier alpha value is -0.430. The van der Waals surface area contributed by atoms with Crippen LogP contribution in [0.2, 0.25) is 0 Å². The molecule has 5 heteroatoms. The van der Waals surface area contributed by atoms with E-state index in [2.05, 4.69) is 42.4 Å². The second kappa shape index (κ2) is 6.35. The maximum Gasteiger partial charge on any atom is 0.145 e. The van der Waals surface area contributed by atoms with Crippen LogP contribution in [0.3, 0.4) is 0 Å². The van der Waals surface area contributed by atoms with Gasteiger partial charge in [-0.05, 0) is 67.3 Å². The lowest BCUT2D eigenvalue weighted by atomic mass is 9.96. The standard InChI is InChI=1S/C14H21IN4/c15-13-9-16-11-17-14(13)19-7-3-12(4-8-19)10-18-5-1-2-6-18/h9,11-12H,1-8,10H2. The van der Waals surface area contributed by atoms with E-state index in [0.29, 0.717) is 0 Å². The van der Waals surface area contributed by atoms with Crippen molar-refractivity contribution in [2.24, 2.45) is 5.92 Å². The smallest absolute Gasteiger partial charge is 0.145 e. The predicted molar refractivity (Wildman–Crippen MR) is 85.4 cm³/mol. The van der Waals surface area contributed by atoms with Crippen LogP contribution >= 0.6 is 22.6 Å². The highest BCUT2D eigenvalue weighted by Crippen LogP contribution is 2.26. The normalized spacial score (nSPS) is 22.1. The van der Waals surface area contributed by atoms with Gasteiger partial charge < -0.3 is 9.80 Å². The summed E-state index contributed by atoms with van der Waals surface area (Å²) in [5, 5.41) is 0. The summed E-state index contributed by atoms with van der Waals surface area (Å²) in [7, 11) is 0. The zero-order chi connectivity index (χ0) is 13.1. The summed E-state index contributed by atoms with van der Waals surface area (Å²) in [6, 6.07) is 0. The van der Waals surface area contributed by atoms with Crippen LogP contribution < -0.4 is 4.90 Å². The van der Waals surface area contributed by atoms with E-state index in [-0.39, 0.29) is 0 Å². The minimum Gasteiger partial charge on any atom is -0.356 e. The summed E-state index contributed by atoms with van der Waals surface area (Å²) >= 11 is 2.33. The van der Waals surface area contributed by atoms with Crippen molar-refractivity contribution in [2.45, 2.75) is 25.7 Å². The topological polar surface area (TPSA) is 32.3 Å². The van der Waals surface area contributed by atoms with Crippen LogP contribution in [0.25, 0.3) is 0 Å². The van der Waals surface area contributed by atoms with Crippen molar-refractivity contribution in [1.29, 1.82) is 0 Å². The minimum atomic E-state index is 0.883. The van der Waals surface area contributed by atoms with Crippen LogP contribution in [0, 0.1) is 9.49 Å². The van der Waals surface area contributed by atoms with Crippen molar-refractivity contribution in [3.8, 4) is 0 Å². The molecular weight excluding hydrogens is 351 g/mol. The van der Waals surface area contributed by atoms with Crippen LogP contribution in [0.15, 0.2) is 12.5 Å². The quantitative estimate of drug-likeness (QED) is 0.763. The third kappa shape index (κ3) is 3.37. The molecule has 0 amide bonds. The van der Waals surface area contributed by atoms with E-state index in [4.69, 9.17) is 0 Å². The molecule has 0 aromatic carbocycles. The van der Waals surface area contributed by atoms with Crippen LogP contribution in [-0.4, -0.2) is 47.6 Å². The van der Waals surface area contributed by atoms with E-state index < -0.39 is 0 Å². The van der Waals surface area contributed by atoms with E-state index in [1.54, 1.807) is 6.33 Å². The van der Waals surface area contributed by atoms with Gasteiger partial charge in [0.05, 0.1) is 3.57 Å². The van der Waals surface area contributed by atoms with Crippen molar-refractivity contribution in [3.05, 3.63) is 16.1 Å². The molecule has 3 heterocycles. The fourth-order valence-corrected chi connectivity index (χ4v) is 3.84. The number of rotatable bonds is 3. The Morgan fingerprint density at radius 1 is 1.16 bits per heavy atom. The number of likely N-dealkylation sites (tertiary alicyclic amines) is 1. The Labute approximate surface area is 128 Å². The number of piperidine rings is 1. The molecule has 0 aliphatic carbocycles. The first-order chi connectivity index (χ1) is 9.33. The van der Waals surface area contributed by atoms with Gasteiger partial charge in [0, 0.05) is 25.8 Å². The molecule has 2 fully saturated rings. The van der Waals surface area contributed by atoms with E-state index in [0.717, 1.165) is 28.4 Å². The third-order valence-corrected chi connectivity index (χ3v) is 5.04. The lowest BCUT2D eigenvalue weighted by Gasteiger charge is -2.34. The number of nitrogens with zero attached hydrogens (tertiary/aromatic N) is 4.